The standard InChI is InChI=1S/C25H24O6/c1-12(2)5-7-14-15(8-6-13(3)4)21(27)23(29)25-19(14)22(28)20-17(26)11-18-16(9-10-30-18)24(20)31-25/h5-6,9-11,26-27,29H,7-8H2,1-4H3. The zero-order chi connectivity index (χ0) is 22.4. The van der Waals surface area contributed by atoms with Gasteiger partial charge in [-0.25, -0.2) is 0 Å². The van der Waals surface area contributed by atoms with E-state index in [-0.39, 0.29) is 33.4 Å². The number of phenols is 3. The van der Waals surface area contributed by atoms with Crippen LogP contribution in [0, 0.1) is 0 Å². The monoisotopic (exact) mass is 420 g/mol. The van der Waals surface area contributed by atoms with Crippen molar-refractivity contribution in [2.75, 3.05) is 0 Å². The number of allylic oxidation sites excluding steroid dienone is 4. The van der Waals surface area contributed by atoms with Gasteiger partial charge in [-0.3, -0.25) is 4.79 Å². The minimum Gasteiger partial charge on any atom is -0.507 e. The average Bonchev–Trinajstić information content (AvgIpc) is 3.17. The predicted octanol–water partition coefficient (Wildman–Crippen LogP) is 5.83. The molecule has 0 atom stereocenters. The second-order valence-electron chi connectivity index (χ2n) is 8.19. The van der Waals surface area contributed by atoms with Crippen LogP contribution in [-0.4, -0.2) is 15.3 Å². The highest BCUT2D eigenvalue weighted by molar-refractivity contribution is 6.09. The number of hydrogen-bond donors (Lipinski definition) is 3. The molecule has 0 aliphatic heterocycles. The van der Waals surface area contributed by atoms with Gasteiger partial charge in [0.05, 0.1) is 17.0 Å². The van der Waals surface area contributed by atoms with E-state index in [0.29, 0.717) is 34.9 Å². The van der Waals surface area contributed by atoms with E-state index in [1.54, 1.807) is 6.07 Å². The zero-order valence-electron chi connectivity index (χ0n) is 17.9. The minimum atomic E-state index is -0.493. The summed E-state index contributed by atoms with van der Waals surface area (Å²) in [7, 11) is 0. The summed E-state index contributed by atoms with van der Waals surface area (Å²) in [4.78, 5) is 13.6. The number of fused-ring (bicyclic) bond motifs is 4. The van der Waals surface area contributed by atoms with Crippen molar-refractivity contribution in [3.8, 4) is 17.2 Å². The van der Waals surface area contributed by atoms with Crippen molar-refractivity contribution in [3.63, 3.8) is 0 Å². The summed E-state index contributed by atoms with van der Waals surface area (Å²) < 4.78 is 11.3. The fraction of sp³-hybridized carbons (Fsp3) is 0.240. The Labute approximate surface area is 178 Å². The van der Waals surface area contributed by atoms with Crippen LogP contribution in [0.5, 0.6) is 17.2 Å². The molecule has 4 rings (SSSR count). The molecular formula is C25H24O6. The van der Waals surface area contributed by atoms with E-state index in [1.165, 1.54) is 12.3 Å². The summed E-state index contributed by atoms with van der Waals surface area (Å²) >= 11 is 0. The van der Waals surface area contributed by atoms with Crippen molar-refractivity contribution in [2.45, 2.75) is 40.5 Å². The molecule has 0 aliphatic carbocycles. The summed E-state index contributed by atoms with van der Waals surface area (Å²) in [5, 5.41) is 32.8. The quantitative estimate of drug-likeness (QED) is 0.218. The van der Waals surface area contributed by atoms with E-state index in [4.69, 9.17) is 8.83 Å². The lowest BCUT2D eigenvalue weighted by Gasteiger charge is -2.15. The van der Waals surface area contributed by atoms with Crippen molar-refractivity contribution in [3.05, 3.63) is 63.0 Å². The predicted molar refractivity (Wildman–Crippen MR) is 121 cm³/mol. The van der Waals surface area contributed by atoms with Gasteiger partial charge in [0.1, 0.15) is 16.7 Å². The molecule has 0 aliphatic rings. The topological polar surface area (TPSA) is 104 Å². The summed E-state index contributed by atoms with van der Waals surface area (Å²) in [5.41, 5.74) is 2.97. The molecule has 0 bridgehead atoms. The van der Waals surface area contributed by atoms with Crippen LogP contribution in [0.25, 0.3) is 32.9 Å². The van der Waals surface area contributed by atoms with Gasteiger partial charge in [0.25, 0.3) is 0 Å². The third kappa shape index (κ3) is 3.34. The van der Waals surface area contributed by atoms with Crippen molar-refractivity contribution >= 4 is 32.9 Å². The molecule has 2 heterocycles. The van der Waals surface area contributed by atoms with Crippen LogP contribution in [0.2, 0.25) is 0 Å². The van der Waals surface area contributed by atoms with Crippen LogP contribution in [0.15, 0.2) is 55.3 Å². The van der Waals surface area contributed by atoms with Crippen LogP contribution < -0.4 is 5.43 Å². The molecule has 6 heteroatoms. The molecule has 2 aromatic heterocycles. The first-order valence-electron chi connectivity index (χ1n) is 10.0. The summed E-state index contributed by atoms with van der Waals surface area (Å²) in [6.45, 7) is 7.75. The Kier molecular flexibility index (Phi) is 5.01. The number of aromatic hydroxyl groups is 3. The molecule has 0 spiro atoms. The molecule has 0 amide bonds. The Morgan fingerprint density at radius 2 is 1.55 bits per heavy atom. The number of rotatable bonds is 4. The normalized spacial score (nSPS) is 11.4. The molecular weight excluding hydrogens is 396 g/mol. The molecule has 160 valence electrons. The van der Waals surface area contributed by atoms with Gasteiger partial charge < -0.3 is 24.2 Å². The molecule has 0 unspecified atom stereocenters. The first-order valence-corrected chi connectivity index (χ1v) is 10.0. The first-order chi connectivity index (χ1) is 14.7. The van der Waals surface area contributed by atoms with Gasteiger partial charge in [-0.1, -0.05) is 23.3 Å². The number of phenolic OH excluding ortho intramolecular Hbond substituents is 3. The second kappa shape index (κ2) is 7.54. The number of hydrogen-bond acceptors (Lipinski definition) is 6. The molecule has 3 N–H and O–H groups in total. The average molecular weight is 420 g/mol. The van der Waals surface area contributed by atoms with Gasteiger partial charge in [0, 0.05) is 11.6 Å². The van der Waals surface area contributed by atoms with Crippen molar-refractivity contribution in [2.24, 2.45) is 0 Å². The maximum Gasteiger partial charge on any atom is 0.204 e. The molecule has 0 radical (unpaired) electrons. The Hall–Kier alpha value is -3.67. The second-order valence-corrected chi connectivity index (χ2v) is 8.19. The van der Waals surface area contributed by atoms with Gasteiger partial charge in [0.15, 0.2) is 16.9 Å². The molecule has 31 heavy (non-hydrogen) atoms. The lowest BCUT2D eigenvalue weighted by molar-refractivity contribution is 0.397. The number of furan rings is 1. The van der Waals surface area contributed by atoms with E-state index >= 15 is 0 Å². The Morgan fingerprint density at radius 3 is 2.19 bits per heavy atom. The molecule has 0 saturated heterocycles. The maximum atomic E-state index is 13.6. The molecule has 0 saturated carbocycles. The van der Waals surface area contributed by atoms with Crippen LogP contribution in [0.3, 0.4) is 0 Å². The van der Waals surface area contributed by atoms with E-state index < -0.39 is 11.2 Å². The summed E-state index contributed by atoms with van der Waals surface area (Å²) in [6, 6.07) is 3.00. The third-order valence-corrected chi connectivity index (χ3v) is 5.40. The molecule has 0 fully saturated rings. The summed E-state index contributed by atoms with van der Waals surface area (Å²) in [6.07, 6.45) is 5.99. The highest BCUT2D eigenvalue weighted by Crippen LogP contribution is 2.43. The van der Waals surface area contributed by atoms with E-state index in [2.05, 4.69) is 0 Å². The van der Waals surface area contributed by atoms with Crippen LogP contribution in [0.1, 0.15) is 38.8 Å². The lowest BCUT2D eigenvalue weighted by Crippen LogP contribution is -2.08. The SMILES string of the molecule is CC(C)=CCc1c(O)c(O)c2oc3c(c(O)cc4occc43)c(=O)c2c1CC=C(C)C. The van der Waals surface area contributed by atoms with E-state index in [9.17, 15) is 20.1 Å². The maximum absolute atomic E-state index is 13.6. The highest BCUT2D eigenvalue weighted by Gasteiger charge is 2.25. The van der Waals surface area contributed by atoms with Gasteiger partial charge in [0.2, 0.25) is 11.2 Å². The zero-order valence-corrected chi connectivity index (χ0v) is 17.9. The van der Waals surface area contributed by atoms with Gasteiger partial charge in [-0.05, 0) is 52.2 Å². The van der Waals surface area contributed by atoms with Crippen molar-refractivity contribution in [1.29, 1.82) is 0 Å². The lowest BCUT2D eigenvalue weighted by atomic mass is 9.93. The third-order valence-electron chi connectivity index (χ3n) is 5.40. The van der Waals surface area contributed by atoms with Crippen LogP contribution in [-0.2, 0) is 12.8 Å². The highest BCUT2D eigenvalue weighted by atomic mass is 16.4. The minimum absolute atomic E-state index is 0.0121. The molecule has 6 nitrogen and oxygen atoms in total. The van der Waals surface area contributed by atoms with Crippen LogP contribution >= 0.6 is 0 Å². The smallest absolute Gasteiger partial charge is 0.204 e. The number of benzene rings is 2. The first kappa shape index (κ1) is 20.6. The van der Waals surface area contributed by atoms with Gasteiger partial charge in [-0.15, -0.1) is 0 Å². The van der Waals surface area contributed by atoms with E-state index in [1.807, 2.05) is 39.8 Å². The molecule has 4 aromatic rings. The Balaban J connectivity index is 2.22. The van der Waals surface area contributed by atoms with Crippen molar-refractivity contribution in [1.82, 2.24) is 0 Å². The summed E-state index contributed by atoms with van der Waals surface area (Å²) in [5.74, 6) is -1.07. The van der Waals surface area contributed by atoms with Gasteiger partial charge >= 0.3 is 0 Å². The fourth-order valence-corrected chi connectivity index (χ4v) is 3.82. The Morgan fingerprint density at radius 1 is 0.903 bits per heavy atom. The largest absolute Gasteiger partial charge is 0.507 e. The van der Waals surface area contributed by atoms with Crippen molar-refractivity contribution < 1.29 is 24.2 Å². The molecule has 2 aromatic carbocycles. The Bertz CT molecular complexity index is 1460. The fourth-order valence-electron chi connectivity index (χ4n) is 3.82. The van der Waals surface area contributed by atoms with E-state index in [0.717, 1.165) is 11.1 Å². The van der Waals surface area contributed by atoms with Crippen LogP contribution in [0.4, 0.5) is 0 Å². The van der Waals surface area contributed by atoms with Gasteiger partial charge in [-0.2, -0.15) is 0 Å².